The van der Waals surface area contributed by atoms with Gasteiger partial charge in [0.1, 0.15) is 11.9 Å². The molecule has 4 N–H and O–H groups in total. The van der Waals surface area contributed by atoms with Gasteiger partial charge in [-0.3, -0.25) is 4.79 Å². The summed E-state index contributed by atoms with van der Waals surface area (Å²) in [6.07, 6.45) is 0. The van der Waals surface area contributed by atoms with Crippen LogP contribution in [0.3, 0.4) is 0 Å². The molecule has 1 aromatic carbocycles. The van der Waals surface area contributed by atoms with Gasteiger partial charge in [0.05, 0.1) is 5.56 Å². The summed E-state index contributed by atoms with van der Waals surface area (Å²) in [4.78, 5) is 10.4. The second-order valence-electron chi connectivity index (χ2n) is 2.61. The molecule has 0 amide bonds. The number of carbonyl (C=O) groups is 1. The highest BCUT2D eigenvalue weighted by molar-refractivity contribution is 5.76. The summed E-state index contributed by atoms with van der Waals surface area (Å²) in [7, 11) is 0. The third-order valence-corrected chi connectivity index (χ3v) is 1.69. The maximum Gasteiger partial charge on any atom is 0.325 e. The third kappa shape index (κ3) is 1.64. The molecular weight excluding hydrogens is 196 g/mol. The first kappa shape index (κ1) is 10.4. The standard InChI is InChI=1S/C8H7F2NO3/c9-3-1-2-4(10)7(12)5(3)6(11)8(13)14/h1-2,6,12H,11H2,(H,13,14)/t6-/m0/s1. The maximum absolute atomic E-state index is 13.0. The van der Waals surface area contributed by atoms with E-state index in [2.05, 4.69) is 0 Å². The Morgan fingerprint density at radius 1 is 1.36 bits per heavy atom. The number of carboxylic acids is 1. The van der Waals surface area contributed by atoms with Gasteiger partial charge in [-0.05, 0) is 12.1 Å². The Morgan fingerprint density at radius 2 is 1.86 bits per heavy atom. The van der Waals surface area contributed by atoms with Crippen LogP contribution in [0.1, 0.15) is 11.6 Å². The van der Waals surface area contributed by atoms with Crippen LogP contribution >= 0.6 is 0 Å². The zero-order chi connectivity index (χ0) is 10.9. The van der Waals surface area contributed by atoms with E-state index in [9.17, 15) is 13.6 Å². The van der Waals surface area contributed by atoms with Gasteiger partial charge in [0.2, 0.25) is 0 Å². The zero-order valence-corrected chi connectivity index (χ0v) is 6.87. The summed E-state index contributed by atoms with van der Waals surface area (Å²) in [6.45, 7) is 0. The van der Waals surface area contributed by atoms with Crippen molar-refractivity contribution in [1.82, 2.24) is 0 Å². The summed E-state index contributed by atoms with van der Waals surface area (Å²) in [5.74, 6) is -4.79. The molecule has 6 heteroatoms. The largest absolute Gasteiger partial charge is 0.505 e. The fourth-order valence-electron chi connectivity index (χ4n) is 0.976. The van der Waals surface area contributed by atoms with Crippen molar-refractivity contribution in [2.75, 3.05) is 0 Å². The summed E-state index contributed by atoms with van der Waals surface area (Å²) < 4.78 is 25.7. The van der Waals surface area contributed by atoms with E-state index in [4.69, 9.17) is 15.9 Å². The number of rotatable bonds is 2. The SMILES string of the molecule is N[C@H](C(=O)O)c1c(F)ccc(F)c1O. The van der Waals surface area contributed by atoms with Crippen molar-refractivity contribution in [2.24, 2.45) is 5.73 Å². The lowest BCUT2D eigenvalue weighted by Crippen LogP contribution is -2.22. The average Bonchev–Trinajstić information content (AvgIpc) is 2.12. The Labute approximate surface area is 77.6 Å². The molecule has 4 nitrogen and oxygen atoms in total. The number of aromatic hydroxyl groups is 1. The van der Waals surface area contributed by atoms with Crippen LogP contribution in [0.25, 0.3) is 0 Å². The molecule has 0 unspecified atom stereocenters. The highest BCUT2D eigenvalue weighted by atomic mass is 19.1. The number of phenolic OH excluding ortho intramolecular Hbond substituents is 1. The first-order chi connectivity index (χ1) is 6.45. The fourth-order valence-corrected chi connectivity index (χ4v) is 0.976. The number of phenols is 1. The van der Waals surface area contributed by atoms with E-state index >= 15 is 0 Å². The van der Waals surface area contributed by atoms with E-state index in [-0.39, 0.29) is 0 Å². The van der Waals surface area contributed by atoms with Crippen LogP contribution in [0.5, 0.6) is 5.75 Å². The lowest BCUT2D eigenvalue weighted by molar-refractivity contribution is -0.138. The van der Waals surface area contributed by atoms with Gasteiger partial charge < -0.3 is 15.9 Å². The summed E-state index contributed by atoms with van der Waals surface area (Å²) in [5.41, 5.74) is 4.29. The first-order valence-corrected chi connectivity index (χ1v) is 3.60. The molecular formula is C8H7F2NO3. The highest BCUT2D eigenvalue weighted by Gasteiger charge is 2.24. The summed E-state index contributed by atoms with van der Waals surface area (Å²) in [6, 6.07) is -0.402. The number of carboxylic acid groups (broad SMARTS) is 1. The van der Waals surface area contributed by atoms with Crippen molar-refractivity contribution < 1.29 is 23.8 Å². The number of hydrogen-bond donors (Lipinski definition) is 3. The minimum atomic E-state index is -1.79. The van der Waals surface area contributed by atoms with Gasteiger partial charge in [-0.15, -0.1) is 0 Å². The lowest BCUT2D eigenvalue weighted by atomic mass is 10.1. The lowest BCUT2D eigenvalue weighted by Gasteiger charge is -2.10. The Morgan fingerprint density at radius 3 is 2.36 bits per heavy atom. The molecule has 0 aromatic heterocycles. The first-order valence-electron chi connectivity index (χ1n) is 3.60. The third-order valence-electron chi connectivity index (χ3n) is 1.69. The van der Waals surface area contributed by atoms with Crippen molar-refractivity contribution in [1.29, 1.82) is 0 Å². The van der Waals surface area contributed by atoms with Crippen LogP contribution in [-0.4, -0.2) is 16.2 Å². The molecule has 0 bridgehead atoms. The van der Waals surface area contributed by atoms with Crippen molar-refractivity contribution in [3.8, 4) is 5.75 Å². The minimum absolute atomic E-state index is 0.683. The van der Waals surface area contributed by atoms with E-state index < -0.39 is 35.0 Å². The monoisotopic (exact) mass is 203 g/mol. The molecule has 1 rings (SSSR count). The second kappa shape index (κ2) is 3.59. The van der Waals surface area contributed by atoms with Gasteiger partial charge in [0.25, 0.3) is 0 Å². The fraction of sp³-hybridized carbons (Fsp3) is 0.125. The minimum Gasteiger partial charge on any atom is -0.505 e. The molecule has 1 aromatic rings. The molecule has 1 atom stereocenters. The number of nitrogens with two attached hydrogens (primary N) is 1. The summed E-state index contributed by atoms with van der Waals surface area (Å²) in [5, 5.41) is 17.5. The molecule has 0 radical (unpaired) electrons. The average molecular weight is 203 g/mol. The highest BCUT2D eigenvalue weighted by Crippen LogP contribution is 2.28. The van der Waals surface area contributed by atoms with E-state index in [0.717, 1.165) is 0 Å². The van der Waals surface area contributed by atoms with E-state index in [1.165, 1.54) is 0 Å². The molecule has 0 aliphatic rings. The predicted octanol–water partition coefficient (Wildman–Crippen LogP) is 0.755. The van der Waals surface area contributed by atoms with Gasteiger partial charge in [-0.25, -0.2) is 8.78 Å². The Hall–Kier alpha value is -1.69. The van der Waals surface area contributed by atoms with Crippen molar-refractivity contribution in [3.63, 3.8) is 0 Å². The van der Waals surface area contributed by atoms with Gasteiger partial charge in [-0.1, -0.05) is 0 Å². The molecule has 76 valence electrons. The molecule has 0 aliphatic heterocycles. The van der Waals surface area contributed by atoms with Gasteiger partial charge in [0.15, 0.2) is 11.6 Å². The zero-order valence-electron chi connectivity index (χ0n) is 6.87. The summed E-state index contributed by atoms with van der Waals surface area (Å²) >= 11 is 0. The van der Waals surface area contributed by atoms with Gasteiger partial charge in [-0.2, -0.15) is 0 Å². The Balaban J connectivity index is 3.32. The van der Waals surface area contributed by atoms with Crippen LogP contribution in [0, 0.1) is 11.6 Å². The second-order valence-corrected chi connectivity index (χ2v) is 2.61. The van der Waals surface area contributed by atoms with Crippen molar-refractivity contribution in [3.05, 3.63) is 29.3 Å². The number of halogens is 2. The molecule has 0 saturated heterocycles. The number of hydrogen-bond acceptors (Lipinski definition) is 3. The molecule has 0 saturated carbocycles. The van der Waals surface area contributed by atoms with Crippen LogP contribution in [0.2, 0.25) is 0 Å². The molecule has 0 spiro atoms. The Bertz CT molecular complexity index is 381. The molecule has 0 aliphatic carbocycles. The maximum atomic E-state index is 13.0. The predicted molar refractivity (Wildman–Crippen MR) is 42.6 cm³/mol. The number of aliphatic carboxylic acids is 1. The topological polar surface area (TPSA) is 83.6 Å². The quantitative estimate of drug-likeness (QED) is 0.662. The van der Waals surface area contributed by atoms with Crippen LogP contribution in [0.15, 0.2) is 12.1 Å². The molecule has 14 heavy (non-hydrogen) atoms. The van der Waals surface area contributed by atoms with Crippen LogP contribution < -0.4 is 5.73 Å². The Kier molecular flexibility index (Phi) is 2.66. The van der Waals surface area contributed by atoms with Crippen molar-refractivity contribution >= 4 is 5.97 Å². The smallest absolute Gasteiger partial charge is 0.325 e. The van der Waals surface area contributed by atoms with Gasteiger partial charge >= 0.3 is 5.97 Å². The van der Waals surface area contributed by atoms with Gasteiger partial charge in [0, 0.05) is 0 Å². The normalized spacial score (nSPS) is 12.5. The van der Waals surface area contributed by atoms with E-state index in [1.807, 2.05) is 0 Å². The molecule has 0 heterocycles. The number of benzene rings is 1. The van der Waals surface area contributed by atoms with E-state index in [0.29, 0.717) is 12.1 Å². The van der Waals surface area contributed by atoms with Crippen molar-refractivity contribution in [2.45, 2.75) is 6.04 Å². The molecule has 0 fully saturated rings. The van der Waals surface area contributed by atoms with Crippen LogP contribution in [-0.2, 0) is 4.79 Å². The van der Waals surface area contributed by atoms with E-state index in [1.54, 1.807) is 0 Å². The van der Waals surface area contributed by atoms with Crippen LogP contribution in [0.4, 0.5) is 8.78 Å².